The first kappa shape index (κ1) is 16.0. The Balaban J connectivity index is 1.57. The van der Waals surface area contributed by atoms with E-state index in [0.717, 1.165) is 33.3 Å². The Hall–Kier alpha value is -2.47. The van der Waals surface area contributed by atoms with Crippen LogP contribution in [-0.4, -0.2) is 22.6 Å². The Morgan fingerprint density at radius 1 is 1.28 bits per heavy atom. The fourth-order valence-corrected chi connectivity index (χ4v) is 3.54. The van der Waals surface area contributed by atoms with Crippen LogP contribution in [-0.2, 0) is 17.6 Å². The Bertz CT molecular complexity index is 951. The second kappa shape index (κ2) is 6.44. The lowest BCUT2D eigenvalue weighted by molar-refractivity contribution is -0.117. The predicted molar refractivity (Wildman–Crippen MR) is 98.4 cm³/mol. The summed E-state index contributed by atoms with van der Waals surface area (Å²) in [6, 6.07) is 13.8. The van der Waals surface area contributed by atoms with Gasteiger partial charge in [0.2, 0.25) is 17.6 Å². The summed E-state index contributed by atoms with van der Waals surface area (Å²) in [7, 11) is 0. The number of amides is 1. The van der Waals surface area contributed by atoms with E-state index in [0.29, 0.717) is 24.7 Å². The van der Waals surface area contributed by atoms with Gasteiger partial charge in [0, 0.05) is 29.2 Å². The number of nitrogens with zero attached hydrogens (tertiary/aromatic N) is 3. The molecule has 5 nitrogen and oxygen atoms in total. The van der Waals surface area contributed by atoms with E-state index < -0.39 is 0 Å². The van der Waals surface area contributed by atoms with Crippen molar-refractivity contribution in [3.05, 3.63) is 64.0 Å². The Morgan fingerprint density at radius 3 is 2.88 bits per heavy atom. The summed E-state index contributed by atoms with van der Waals surface area (Å²) in [5.41, 5.74) is 4.02. The van der Waals surface area contributed by atoms with E-state index in [9.17, 15) is 4.79 Å². The summed E-state index contributed by atoms with van der Waals surface area (Å²) in [5.74, 6) is 1.23. The van der Waals surface area contributed by atoms with E-state index in [1.807, 2.05) is 47.4 Å². The topological polar surface area (TPSA) is 59.2 Å². The van der Waals surface area contributed by atoms with Crippen LogP contribution in [0.3, 0.4) is 0 Å². The van der Waals surface area contributed by atoms with Crippen molar-refractivity contribution in [1.82, 2.24) is 10.1 Å². The third-order valence-corrected chi connectivity index (χ3v) is 5.13. The molecule has 0 saturated carbocycles. The molecule has 0 spiro atoms. The third-order valence-electron chi connectivity index (χ3n) is 4.36. The second-order valence-corrected chi connectivity index (χ2v) is 6.90. The average molecular weight is 398 g/mol. The Morgan fingerprint density at radius 2 is 2.12 bits per heavy atom. The number of fused-ring (bicyclic) bond motifs is 1. The maximum atomic E-state index is 12.8. The van der Waals surface area contributed by atoms with Crippen molar-refractivity contribution in [3.63, 3.8) is 0 Å². The second-order valence-electron chi connectivity index (χ2n) is 6.04. The highest BCUT2D eigenvalue weighted by Crippen LogP contribution is 2.32. The van der Waals surface area contributed by atoms with E-state index in [4.69, 9.17) is 4.52 Å². The maximum absolute atomic E-state index is 12.8. The van der Waals surface area contributed by atoms with Crippen LogP contribution in [0.2, 0.25) is 0 Å². The molecule has 1 amide bonds. The molecule has 2 heterocycles. The molecule has 1 aromatic heterocycles. The number of rotatable bonds is 3. The molecule has 126 valence electrons. The molecule has 0 atom stereocenters. The number of hydrogen-bond acceptors (Lipinski definition) is 4. The summed E-state index contributed by atoms with van der Waals surface area (Å²) in [6.07, 6.45) is 1.22. The number of carbonyl (C=O) groups is 1. The minimum atomic E-state index is 0.105. The molecule has 0 aliphatic carbocycles. The first-order chi connectivity index (χ1) is 12.1. The van der Waals surface area contributed by atoms with E-state index in [1.165, 1.54) is 0 Å². The van der Waals surface area contributed by atoms with Gasteiger partial charge in [0.25, 0.3) is 0 Å². The van der Waals surface area contributed by atoms with Crippen LogP contribution >= 0.6 is 15.9 Å². The number of aromatic nitrogens is 2. The molecule has 3 aromatic rings. The number of aryl methyl sites for hydroxylation is 1. The van der Waals surface area contributed by atoms with Gasteiger partial charge in [-0.15, -0.1) is 0 Å². The predicted octanol–water partition coefficient (Wildman–Crippen LogP) is 3.94. The van der Waals surface area contributed by atoms with E-state index in [2.05, 4.69) is 26.1 Å². The van der Waals surface area contributed by atoms with Gasteiger partial charge in [-0.2, -0.15) is 4.98 Å². The van der Waals surface area contributed by atoms with Gasteiger partial charge in [0.15, 0.2) is 0 Å². The van der Waals surface area contributed by atoms with Gasteiger partial charge in [-0.3, -0.25) is 4.79 Å². The molecular formula is C19H16BrN3O2. The molecule has 0 unspecified atom stereocenters. The lowest BCUT2D eigenvalue weighted by atomic mass is 10.1. The highest BCUT2D eigenvalue weighted by Gasteiger charge is 2.25. The van der Waals surface area contributed by atoms with Gasteiger partial charge >= 0.3 is 0 Å². The standard InChI is InChI=1S/C19H16BrN3O2/c1-12-21-19(22-25-12)15-6-7-17-14(10-15)8-9-23(17)18(24)11-13-4-2-3-5-16(13)20/h2-7,10H,8-9,11H2,1H3. The van der Waals surface area contributed by atoms with Crippen LogP contribution < -0.4 is 4.90 Å². The Labute approximate surface area is 153 Å². The van der Waals surface area contributed by atoms with Crippen molar-refractivity contribution >= 4 is 27.5 Å². The third kappa shape index (κ3) is 3.09. The van der Waals surface area contributed by atoms with E-state index >= 15 is 0 Å². The molecule has 6 heteroatoms. The molecule has 0 radical (unpaired) electrons. The SMILES string of the molecule is Cc1nc(-c2ccc3c(c2)CCN3C(=O)Cc2ccccc2Br)no1. The van der Waals surface area contributed by atoms with Gasteiger partial charge < -0.3 is 9.42 Å². The fraction of sp³-hybridized carbons (Fsp3) is 0.211. The number of halogens is 1. The zero-order valence-corrected chi connectivity index (χ0v) is 15.3. The van der Waals surface area contributed by atoms with Crippen molar-refractivity contribution in [1.29, 1.82) is 0 Å². The summed E-state index contributed by atoms with van der Waals surface area (Å²) >= 11 is 3.51. The normalized spacial score (nSPS) is 13.1. The average Bonchev–Trinajstić information content (AvgIpc) is 3.22. The van der Waals surface area contributed by atoms with E-state index in [1.54, 1.807) is 6.92 Å². The van der Waals surface area contributed by atoms with Crippen LogP contribution in [0.4, 0.5) is 5.69 Å². The van der Waals surface area contributed by atoms with Crippen molar-refractivity contribution in [2.75, 3.05) is 11.4 Å². The molecule has 1 aliphatic heterocycles. The lowest BCUT2D eigenvalue weighted by Gasteiger charge is -2.18. The fourth-order valence-electron chi connectivity index (χ4n) is 3.12. The van der Waals surface area contributed by atoms with Gasteiger partial charge in [-0.25, -0.2) is 0 Å². The van der Waals surface area contributed by atoms with Crippen LogP contribution in [0.1, 0.15) is 17.0 Å². The first-order valence-electron chi connectivity index (χ1n) is 8.09. The highest BCUT2D eigenvalue weighted by molar-refractivity contribution is 9.10. The lowest BCUT2D eigenvalue weighted by Crippen LogP contribution is -2.30. The molecule has 0 bridgehead atoms. The quantitative estimate of drug-likeness (QED) is 0.671. The number of benzene rings is 2. The first-order valence-corrected chi connectivity index (χ1v) is 8.88. The molecule has 2 aromatic carbocycles. The molecule has 25 heavy (non-hydrogen) atoms. The summed E-state index contributed by atoms with van der Waals surface area (Å²) in [6.45, 7) is 2.47. The summed E-state index contributed by atoms with van der Waals surface area (Å²) in [4.78, 5) is 18.9. The van der Waals surface area contributed by atoms with Gasteiger partial charge in [-0.05, 0) is 41.8 Å². The van der Waals surface area contributed by atoms with Crippen molar-refractivity contribution in [3.8, 4) is 11.4 Å². The van der Waals surface area contributed by atoms with E-state index in [-0.39, 0.29) is 5.91 Å². The molecular weight excluding hydrogens is 382 g/mol. The van der Waals surface area contributed by atoms with Crippen molar-refractivity contribution < 1.29 is 9.32 Å². The summed E-state index contributed by atoms with van der Waals surface area (Å²) in [5, 5.41) is 3.96. The van der Waals surface area contributed by atoms with Gasteiger partial charge in [0.1, 0.15) is 0 Å². The monoisotopic (exact) mass is 397 g/mol. The summed E-state index contributed by atoms with van der Waals surface area (Å²) < 4.78 is 6.01. The maximum Gasteiger partial charge on any atom is 0.231 e. The molecule has 0 fully saturated rings. The minimum Gasteiger partial charge on any atom is -0.339 e. The zero-order chi connectivity index (χ0) is 17.4. The van der Waals surface area contributed by atoms with Gasteiger partial charge in [0.05, 0.1) is 6.42 Å². The molecule has 4 rings (SSSR count). The zero-order valence-electron chi connectivity index (χ0n) is 13.7. The Kier molecular flexibility index (Phi) is 4.13. The van der Waals surface area contributed by atoms with Crippen LogP contribution in [0.5, 0.6) is 0 Å². The van der Waals surface area contributed by atoms with Crippen molar-refractivity contribution in [2.45, 2.75) is 19.8 Å². The highest BCUT2D eigenvalue weighted by atomic mass is 79.9. The number of anilines is 1. The molecule has 0 saturated heterocycles. The molecule has 0 N–H and O–H groups in total. The molecule has 1 aliphatic rings. The number of carbonyl (C=O) groups excluding carboxylic acids is 1. The number of hydrogen-bond donors (Lipinski definition) is 0. The minimum absolute atomic E-state index is 0.105. The smallest absolute Gasteiger partial charge is 0.231 e. The van der Waals surface area contributed by atoms with Gasteiger partial charge in [-0.1, -0.05) is 39.3 Å². The van der Waals surface area contributed by atoms with Crippen LogP contribution in [0, 0.1) is 6.92 Å². The van der Waals surface area contributed by atoms with Crippen LogP contribution in [0.15, 0.2) is 51.5 Å². The van der Waals surface area contributed by atoms with Crippen molar-refractivity contribution in [2.24, 2.45) is 0 Å². The largest absolute Gasteiger partial charge is 0.339 e. The van der Waals surface area contributed by atoms with Crippen LogP contribution in [0.25, 0.3) is 11.4 Å².